The van der Waals surface area contributed by atoms with Gasteiger partial charge in [-0.25, -0.2) is 4.98 Å². The summed E-state index contributed by atoms with van der Waals surface area (Å²) in [5.74, 6) is 0. The maximum absolute atomic E-state index is 10.9. The number of aldehydes is 1. The molecular weight excluding hydrogens is 258 g/mol. The minimum absolute atomic E-state index is 0.449. The number of hydrogen-bond acceptors (Lipinski definition) is 2. The van der Waals surface area contributed by atoms with E-state index in [1.54, 1.807) is 6.07 Å². The third-order valence-corrected chi connectivity index (χ3v) is 3.22. The topological polar surface area (TPSA) is 30.0 Å². The van der Waals surface area contributed by atoms with Gasteiger partial charge in [0.2, 0.25) is 0 Å². The second kappa shape index (κ2) is 4.82. The first-order chi connectivity index (χ1) is 9.28. The largest absolute Gasteiger partial charge is 0.298 e. The summed E-state index contributed by atoms with van der Waals surface area (Å²) in [5, 5.41) is 1.38. The fourth-order valence-electron chi connectivity index (χ4n) is 2.14. The number of carbonyl (C=O) groups is 1. The van der Waals surface area contributed by atoms with E-state index >= 15 is 0 Å². The van der Waals surface area contributed by atoms with Crippen LogP contribution in [-0.4, -0.2) is 11.3 Å². The summed E-state index contributed by atoms with van der Waals surface area (Å²) in [7, 11) is 0. The zero-order valence-corrected chi connectivity index (χ0v) is 10.8. The molecule has 0 aliphatic carbocycles. The Morgan fingerprint density at radius 3 is 2.53 bits per heavy atom. The second-order valence-electron chi connectivity index (χ2n) is 4.25. The van der Waals surface area contributed by atoms with Gasteiger partial charge in [0.15, 0.2) is 0 Å². The zero-order valence-electron chi connectivity index (χ0n) is 10.0. The van der Waals surface area contributed by atoms with Crippen LogP contribution in [0.1, 0.15) is 10.4 Å². The van der Waals surface area contributed by atoms with Crippen molar-refractivity contribution in [3.05, 3.63) is 65.3 Å². The maximum Gasteiger partial charge on any atom is 0.150 e. The van der Waals surface area contributed by atoms with E-state index in [2.05, 4.69) is 4.98 Å². The quantitative estimate of drug-likeness (QED) is 0.510. The van der Waals surface area contributed by atoms with Gasteiger partial charge in [-0.1, -0.05) is 41.9 Å². The Hall–Kier alpha value is -2.19. The molecule has 0 saturated carbocycles. The Labute approximate surface area is 115 Å². The first-order valence-electron chi connectivity index (χ1n) is 5.89. The van der Waals surface area contributed by atoms with Crippen molar-refractivity contribution in [3.63, 3.8) is 0 Å². The fraction of sp³-hybridized carbons (Fsp3) is 0. The summed E-state index contributed by atoms with van der Waals surface area (Å²) in [4.78, 5) is 15.2. The summed E-state index contributed by atoms with van der Waals surface area (Å²) >= 11 is 6.07. The van der Waals surface area contributed by atoms with Gasteiger partial charge in [0, 0.05) is 10.9 Å². The molecule has 0 N–H and O–H groups in total. The van der Waals surface area contributed by atoms with Gasteiger partial charge in [0.05, 0.1) is 5.52 Å². The molecule has 2 nitrogen and oxygen atoms in total. The standard InChI is InChI=1S/C16H10ClNO/c17-16-9-13(12-4-2-1-3-5-12)14-8-11(10-19)6-7-15(14)18-16/h1-10H. The molecule has 0 aliphatic rings. The summed E-state index contributed by atoms with van der Waals surface area (Å²) in [5.41, 5.74) is 3.46. The number of fused-ring (bicyclic) bond motifs is 1. The number of nitrogens with zero attached hydrogens (tertiary/aromatic N) is 1. The van der Waals surface area contributed by atoms with Crippen LogP contribution in [0.5, 0.6) is 0 Å². The third-order valence-electron chi connectivity index (χ3n) is 3.02. The number of benzene rings is 2. The molecule has 0 spiro atoms. The first-order valence-corrected chi connectivity index (χ1v) is 6.26. The summed E-state index contributed by atoms with van der Waals surface area (Å²) < 4.78 is 0. The van der Waals surface area contributed by atoms with E-state index in [9.17, 15) is 4.79 Å². The molecule has 92 valence electrons. The molecule has 2 aromatic carbocycles. The number of rotatable bonds is 2. The van der Waals surface area contributed by atoms with Gasteiger partial charge >= 0.3 is 0 Å². The van der Waals surface area contributed by atoms with Crippen molar-refractivity contribution < 1.29 is 4.79 Å². The van der Waals surface area contributed by atoms with Gasteiger partial charge in [-0.2, -0.15) is 0 Å². The molecule has 3 heteroatoms. The number of aromatic nitrogens is 1. The number of halogens is 1. The van der Waals surface area contributed by atoms with Gasteiger partial charge < -0.3 is 0 Å². The Morgan fingerprint density at radius 1 is 1.00 bits per heavy atom. The molecule has 0 atom stereocenters. The van der Waals surface area contributed by atoms with E-state index < -0.39 is 0 Å². The molecule has 1 heterocycles. The molecule has 0 saturated heterocycles. The van der Waals surface area contributed by atoms with Crippen LogP contribution in [0.3, 0.4) is 0 Å². The lowest BCUT2D eigenvalue weighted by Gasteiger charge is -2.08. The molecule has 1 aromatic heterocycles. The van der Waals surface area contributed by atoms with Crippen LogP contribution >= 0.6 is 11.6 Å². The van der Waals surface area contributed by atoms with E-state index in [4.69, 9.17) is 11.6 Å². The van der Waals surface area contributed by atoms with Crippen LogP contribution in [0.25, 0.3) is 22.0 Å². The molecule has 0 unspecified atom stereocenters. The number of pyridine rings is 1. The summed E-state index contributed by atoms with van der Waals surface area (Å²) in [6, 6.07) is 17.2. The number of carbonyl (C=O) groups excluding carboxylic acids is 1. The van der Waals surface area contributed by atoms with Gasteiger partial charge in [0.25, 0.3) is 0 Å². The molecule has 0 radical (unpaired) electrons. The van der Waals surface area contributed by atoms with Crippen molar-refractivity contribution in [2.24, 2.45) is 0 Å². The molecule has 0 aliphatic heterocycles. The average molecular weight is 268 g/mol. The molecule has 0 amide bonds. The predicted octanol–water partition coefficient (Wildman–Crippen LogP) is 4.37. The van der Waals surface area contributed by atoms with Crippen LogP contribution in [0.4, 0.5) is 0 Å². The summed E-state index contributed by atoms with van der Waals surface area (Å²) in [6.45, 7) is 0. The highest BCUT2D eigenvalue weighted by Gasteiger charge is 2.07. The normalized spacial score (nSPS) is 10.6. The molecular formula is C16H10ClNO. The van der Waals surface area contributed by atoms with E-state index in [0.717, 1.165) is 28.3 Å². The summed E-state index contributed by atoms with van der Waals surface area (Å²) in [6.07, 6.45) is 0.836. The Kier molecular flexibility index (Phi) is 3.02. The maximum atomic E-state index is 10.9. The zero-order chi connectivity index (χ0) is 13.2. The lowest BCUT2D eigenvalue weighted by atomic mass is 10.0. The highest BCUT2D eigenvalue weighted by Crippen LogP contribution is 2.30. The third kappa shape index (κ3) is 2.23. The van der Waals surface area contributed by atoms with Crippen molar-refractivity contribution in [3.8, 4) is 11.1 Å². The van der Waals surface area contributed by atoms with Crippen molar-refractivity contribution in [2.45, 2.75) is 0 Å². The molecule has 3 aromatic rings. The van der Waals surface area contributed by atoms with Crippen LogP contribution in [0.2, 0.25) is 5.15 Å². The smallest absolute Gasteiger partial charge is 0.150 e. The Balaban J connectivity index is 2.36. The van der Waals surface area contributed by atoms with Crippen molar-refractivity contribution >= 4 is 28.8 Å². The van der Waals surface area contributed by atoms with Gasteiger partial charge in [-0.3, -0.25) is 4.79 Å². The fourth-order valence-corrected chi connectivity index (χ4v) is 2.34. The first kappa shape index (κ1) is 11.9. The highest BCUT2D eigenvalue weighted by atomic mass is 35.5. The lowest BCUT2D eigenvalue weighted by Crippen LogP contribution is -1.88. The van der Waals surface area contributed by atoms with Crippen molar-refractivity contribution in [1.29, 1.82) is 0 Å². The molecule has 19 heavy (non-hydrogen) atoms. The van der Waals surface area contributed by atoms with E-state index in [-0.39, 0.29) is 0 Å². The van der Waals surface area contributed by atoms with Gasteiger partial charge in [0.1, 0.15) is 11.4 Å². The van der Waals surface area contributed by atoms with Crippen LogP contribution in [0.15, 0.2) is 54.6 Å². The van der Waals surface area contributed by atoms with Crippen LogP contribution in [0, 0.1) is 0 Å². The minimum atomic E-state index is 0.449. The van der Waals surface area contributed by atoms with Crippen LogP contribution in [-0.2, 0) is 0 Å². The second-order valence-corrected chi connectivity index (χ2v) is 4.64. The Bertz CT molecular complexity index is 753. The highest BCUT2D eigenvalue weighted by molar-refractivity contribution is 6.30. The van der Waals surface area contributed by atoms with Crippen LogP contribution < -0.4 is 0 Å². The molecule has 3 rings (SSSR count). The van der Waals surface area contributed by atoms with Crippen molar-refractivity contribution in [1.82, 2.24) is 4.98 Å². The van der Waals surface area contributed by atoms with E-state index in [1.165, 1.54) is 0 Å². The van der Waals surface area contributed by atoms with Crippen molar-refractivity contribution in [2.75, 3.05) is 0 Å². The Morgan fingerprint density at radius 2 is 1.79 bits per heavy atom. The SMILES string of the molecule is O=Cc1ccc2nc(Cl)cc(-c3ccccc3)c2c1. The molecule has 0 bridgehead atoms. The van der Waals surface area contributed by atoms with Gasteiger partial charge in [-0.05, 0) is 35.4 Å². The monoisotopic (exact) mass is 267 g/mol. The molecule has 0 fully saturated rings. The average Bonchev–Trinajstić information content (AvgIpc) is 2.47. The van der Waals surface area contributed by atoms with E-state index in [0.29, 0.717) is 10.7 Å². The number of hydrogen-bond donors (Lipinski definition) is 0. The predicted molar refractivity (Wildman–Crippen MR) is 77.6 cm³/mol. The minimum Gasteiger partial charge on any atom is -0.298 e. The van der Waals surface area contributed by atoms with Gasteiger partial charge in [-0.15, -0.1) is 0 Å². The lowest BCUT2D eigenvalue weighted by molar-refractivity contribution is 0.112. The van der Waals surface area contributed by atoms with E-state index in [1.807, 2.05) is 48.5 Å².